The lowest BCUT2D eigenvalue weighted by Gasteiger charge is -2.12. The van der Waals surface area contributed by atoms with E-state index in [0.29, 0.717) is 34.3 Å². The van der Waals surface area contributed by atoms with Crippen molar-refractivity contribution in [3.05, 3.63) is 83.4 Å². The smallest absolute Gasteiger partial charge is 0.351 e. The second-order valence-electron chi connectivity index (χ2n) is 6.76. The molecule has 33 heavy (non-hydrogen) atoms. The van der Waals surface area contributed by atoms with Gasteiger partial charge >= 0.3 is 5.97 Å². The monoisotopic (exact) mass is 448 g/mol. The second-order valence-corrected chi connectivity index (χ2v) is 6.76. The van der Waals surface area contributed by atoms with E-state index in [1.165, 1.54) is 27.4 Å². The summed E-state index contributed by atoms with van der Waals surface area (Å²) in [5.41, 5.74) is 1.38. The van der Waals surface area contributed by atoms with Crippen LogP contribution in [0.15, 0.2) is 66.7 Å². The Balaban J connectivity index is 1.72. The number of carbonyl (C=O) groups is 2. The molecule has 0 atom stereocenters. The van der Waals surface area contributed by atoms with Crippen molar-refractivity contribution in [1.82, 2.24) is 0 Å². The maximum absolute atomic E-state index is 12.7. The largest absolute Gasteiger partial charge is 0.497 e. The number of rotatable bonds is 9. The van der Waals surface area contributed by atoms with Crippen LogP contribution < -0.4 is 23.7 Å². The van der Waals surface area contributed by atoms with E-state index < -0.39 is 5.97 Å². The first kappa shape index (κ1) is 23.4. The SMILES string of the molecule is COc1ccc(C(=O)/C=C/c2ccc(OC(=O)c3c(OC)cccc3OC)cc2)c(OC)c1. The van der Waals surface area contributed by atoms with Gasteiger partial charge in [-0.15, -0.1) is 0 Å². The molecular weight excluding hydrogens is 424 g/mol. The van der Waals surface area contributed by atoms with Gasteiger partial charge in [-0.1, -0.05) is 24.3 Å². The Labute approximate surface area is 192 Å². The summed E-state index contributed by atoms with van der Waals surface area (Å²) in [6, 6.07) is 16.8. The summed E-state index contributed by atoms with van der Waals surface area (Å²) >= 11 is 0. The van der Waals surface area contributed by atoms with Crippen LogP contribution in [0.1, 0.15) is 26.3 Å². The van der Waals surface area contributed by atoms with Gasteiger partial charge in [-0.3, -0.25) is 4.79 Å². The van der Waals surface area contributed by atoms with E-state index in [9.17, 15) is 9.59 Å². The Morgan fingerprint density at radius 1 is 0.697 bits per heavy atom. The molecule has 3 aromatic rings. The van der Waals surface area contributed by atoms with Crippen molar-refractivity contribution in [3.8, 4) is 28.7 Å². The van der Waals surface area contributed by atoms with Gasteiger partial charge < -0.3 is 23.7 Å². The van der Waals surface area contributed by atoms with Gasteiger partial charge in [0.25, 0.3) is 0 Å². The molecule has 0 N–H and O–H groups in total. The zero-order chi connectivity index (χ0) is 23.8. The first-order valence-corrected chi connectivity index (χ1v) is 9.98. The molecule has 3 rings (SSSR count). The molecule has 3 aromatic carbocycles. The molecule has 0 aliphatic rings. The number of ether oxygens (including phenoxy) is 5. The van der Waals surface area contributed by atoms with Crippen LogP contribution in [0.3, 0.4) is 0 Å². The average Bonchev–Trinajstić information content (AvgIpc) is 2.86. The summed E-state index contributed by atoms with van der Waals surface area (Å²) < 4.78 is 26.4. The highest BCUT2D eigenvalue weighted by Gasteiger charge is 2.20. The lowest BCUT2D eigenvalue weighted by Crippen LogP contribution is -2.11. The summed E-state index contributed by atoms with van der Waals surface area (Å²) in [5.74, 6) is 1.26. The van der Waals surface area contributed by atoms with Gasteiger partial charge in [-0.2, -0.15) is 0 Å². The molecule has 170 valence electrons. The summed E-state index contributed by atoms with van der Waals surface area (Å²) in [5, 5.41) is 0. The molecule has 0 amide bonds. The Morgan fingerprint density at radius 2 is 1.30 bits per heavy atom. The summed E-state index contributed by atoms with van der Waals surface area (Å²) in [7, 11) is 5.98. The number of methoxy groups -OCH3 is 4. The Bertz CT molecular complexity index is 1140. The van der Waals surface area contributed by atoms with E-state index >= 15 is 0 Å². The van der Waals surface area contributed by atoms with Gasteiger partial charge in [0.05, 0.1) is 34.0 Å². The minimum atomic E-state index is -0.602. The Hall–Kier alpha value is -4.26. The van der Waals surface area contributed by atoms with Crippen LogP contribution in [0.2, 0.25) is 0 Å². The predicted octanol–water partition coefficient (Wildman–Crippen LogP) is 4.84. The van der Waals surface area contributed by atoms with Crippen molar-refractivity contribution < 1.29 is 33.3 Å². The highest BCUT2D eigenvalue weighted by molar-refractivity contribution is 6.08. The van der Waals surface area contributed by atoms with E-state index in [2.05, 4.69) is 0 Å². The number of carbonyl (C=O) groups excluding carboxylic acids is 2. The van der Waals surface area contributed by atoms with Crippen LogP contribution in [0.4, 0.5) is 0 Å². The molecule has 7 heteroatoms. The molecule has 0 heterocycles. The minimum absolute atomic E-state index is 0.200. The predicted molar refractivity (Wildman–Crippen MR) is 124 cm³/mol. The lowest BCUT2D eigenvalue weighted by atomic mass is 10.1. The van der Waals surface area contributed by atoms with Crippen LogP contribution in [0.5, 0.6) is 28.7 Å². The third-order valence-corrected chi connectivity index (χ3v) is 4.82. The fourth-order valence-corrected chi connectivity index (χ4v) is 3.12. The molecular formula is C26H24O7. The molecule has 0 fully saturated rings. The highest BCUT2D eigenvalue weighted by atomic mass is 16.5. The van der Waals surface area contributed by atoms with Gasteiger partial charge in [0.15, 0.2) is 5.78 Å². The first-order valence-electron chi connectivity index (χ1n) is 9.98. The lowest BCUT2D eigenvalue weighted by molar-refractivity contribution is 0.0727. The van der Waals surface area contributed by atoms with E-state index in [0.717, 1.165) is 5.56 Å². The third-order valence-electron chi connectivity index (χ3n) is 4.82. The van der Waals surface area contributed by atoms with E-state index in [-0.39, 0.29) is 11.3 Å². The van der Waals surface area contributed by atoms with Crippen molar-refractivity contribution in [3.63, 3.8) is 0 Å². The average molecular weight is 448 g/mol. The topological polar surface area (TPSA) is 80.3 Å². The molecule has 0 aliphatic heterocycles. The van der Waals surface area contributed by atoms with E-state index in [4.69, 9.17) is 23.7 Å². The number of ketones is 1. The van der Waals surface area contributed by atoms with Gasteiger partial charge in [0.2, 0.25) is 0 Å². The van der Waals surface area contributed by atoms with Crippen molar-refractivity contribution >= 4 is 17.8 Å². The van der Waals surface area contributed by atoms with Crippen LogP contribution in [-0.2, 0) is 0 Å². The molecule has 0 spiro atoms. The number of esters is 1. The molecule has 0 saturated heterocycles. The Kier molecular flexibility index (Phi) is 7.70. The molecule has 0 saturated carbocycles. The quantitative estimate of drug-likeness (QED) is 0.201. The zero-order valence-electron chi connectivity index (χ0n) is 18.8. The molecule has 0 bridgehead atoms. The molecule has 7 nitrogen and oxygen atoms in total. The fraction of sp³-hybridized carbons (Fsp3) is 0.154. The number of allylic oxidation sites excluding steroid dienone is 1. The van der Waals surface area contributed by atoms with Gasteiger partial charge in [0, 0.05) is 6.07 Å². The summed E-state index contributed by atoms with van der Waals surface area (Å²) in [6.45, 7) is 0. The molecule has 0 aromatic heterocycles. The fourth-order valence-electron chi connectivity index (χ4n) is 3.12. The zero-order valence-corrected chi connectivity index (χ0v) is 18.8. The highest BCUT2D eigenvalue weighted by Crippen LogP contribution is 2.30. The number of hydrogen-bond donors (Lipinski definition) is 0. The third kappa shape index (κ3) is 5.51. The van der Waals surface area contributed by atoms with Gasteiger partial charge in [0.1, 0.15) is 34.3 Å². The van der Waals surface area contributed by atoms with Crippen LogP contribution in [-0.4, -0.2) is 40.2 Å². The summed E-state index contributed by atoms with van der Waals surface area (Å²) in [4.78, 5) is 25.3. The van der Waals surface area contributed by atoms with Crippen molar-refractivity contribution in [1.29, 1.82) is 0 Å². The molecule has 0 unspecified atom stereocenters. The van der Waals surface area contributed by atoms with Crippen molar-refractivity contribution in [2.75, 3.05) is 28.4 Å². The Morgan fingerprint density at radius 3 is 1.88 bits per heavy atom. The minimum Gasteiger partial charge on any atom is -0.497 e. The standard InChI is InChI=1S/C26H24O7/c1-29-19-13-14-20(24(16-19)32-4)21(27)15-10-17-8-11-18(12-9-17)33-26(28)25-22(30-2)6-5-7-23(25)31-3/h5-16H,1-4H3/b15-10+. The normalized spacial score (nSPS) is 10.5. The molecule has 0 radical (unpaired) electrons. The second kappa shape index (κ2) is 10.9. The van der Waals surface area contributed by atoms with Gasteiger partial charge in [-0.05, 0) is 48.0 Å². The number of benzene rings is 3. The maximum atomic E-state index is 12.7. The van der Waals surface area contributed by atoms with Crippen molar-refractivity contribution in [2.45, 2.75) is 0 Å². The van der Waals surface area contributed by atoms with Gasteiger partial charge in [-0.25, -0.2) is 4.79 Å². The molecule has 0 aliphatic carbocycles. The maximum Gasteiger partial charge on any atom is 0.351 e. The van der Waals surface area contributed by atoms with E-state index in [1.54, 1.807) is 73.8 Å². The van der Waals surface area contributed by atoms with E-state index in [1.807, 2.05) is 0 Å². The van der Waals surface area contributed by atoms with Crippen LogP contribution in [0.25, 0.3) is 6.08 Å². The van der Waals surface area contributed by atoms with Crippen molar-refractivity contribution in [2.24, 2.45) is 0 Å². The van der Waals surface area contributed by atoms with Crippen LogP contribution >= 0.6 is 0 Å². The first-order chi connectivity index (χ1) is 16.0. The number of hydrogen-bond acceptors (Lipinski definition) is 7. The van der Waals surface area contributed by atoms with Crippen LogP contribution in [0, 0.1) is 0 Å². The summed E-state index contributed by atoms with van der Waals surface area (Å²) in [6.07, 6.45) is 3.12.